The topological polar surface area (TPSA) is 78.9 Å². The zero-order chi connectivity index (χ0) is 45.8. The Kier molecular flexibility index (Phi) is 49.4. The molecule has 0 saturated heterocycles. The van der Waals surface area contributed by atoms with Crippen molar-refractivity contribution in [3.05, 3.63) is 60.8 Å². The Labute approximate surface area is 390 Å². The Morgan fingerprint density at radius 1 is 0.333 bits per heavy atom. The van der Waals surface area contributed by atoms with Crippen LogP contribution in [0, 0.1) is 0 Å². The van der Waals surface area contributed by atoms with E-state index < -0.39 is 6.10 Å². The van der Waals surface area contributed by atoms with Crippen LogP contribution in [0.4, 0.5) is 0 Å². The van der Waals surface area contributed by atoms with E-state index in [1.165, 1.54) is 109 Å². The highest BCUT2D eigenvalue weighted by atomic mass is 16.6. The molecule has 0 saturated carbocycles. The largest absolute Gasteiger partial charge is 0.462 e. The van der Waals surface area contributed by atoms with Crippen LogP contribution in [0.15, 0.2) is 60.8 Å². The summed E-state index contributed by atoms with van der Waals surface area (Å²) in [6.45, 7) is 6.50. The molecule has 0 radical (unpaired) electrons. The summed E-state index contributed by atoms with van der Waals surface area (Å²) < 4.78 is 16.8. The van der Waals surface area contributed by atoms with E-state index in [0.717, 1.165) is 116 Å². The molecule has 0 aliphatic heterocycles. The third kappa shape index (κ3) is 50.0. The van der Waals surface area contributed by atoms with Gasteiger partial charge >= 0.3 is 17.9 Å². The van der Waals surface area contributed by atoms with Gasteiger partial charge in [0, 0.05) is 19.3 Å². The van der Waals surface area contributed by atoms with Gasteiger partial charge in [-0.3, -0.25) is 14.4 Å². The quantitative estimate of drug-likeness (QED) is 0.0262. The van der Waals surface area contributed by atoms with E-state index in [1.54, 1.807) is 0 Å². The monoisotopic (exact) mass is 881 g/mol. The van der Waals surface area contributed by atoms with Gasteiger partial charge < -0.3 is 14.2 Å². The molecule has 0 aliphatic carbocycles. The van der Waals surface area contributed by atoms with E-state index in [4.69, 9.17) is 14.2 Å². The van der Waals surface area contributed by atoms with Crippen LogP contribution in [-0.2, 0) is 28.6 Å². The van der Waals surface area contributed by atoms with Gasteiger partial charge in [-0.05, 0) is 103 Å². The summed E-state index contributed by atoms with van der Waals surface area (Å²) in [5.41, 5.74) is 0. The lowest BCUT2D eigenvalue weighted by atomic mass is 10.1. The number of carbonyl (C=O) groups is 3. The maximum Gasteiger partial charge on any atom is 0.306 e. The lowest BCUT2D eigenvalue weighted by molar-refractivity contribution is -0.167. The highest BCUT2D eigenvalue weighted by Crippen LogP contribution is 2.14. The van der Waals surface area contributed by atoms with Crippen molar-refractivity contribution in [1.82, 2.24) is 0 Å². The second-order valence-electron chi connectivity index (χ2n) is 17.7. The second kappa shape index (κ2) is 51.7. The van der Waals surface area contributed by atoms with Crippen molar-refractivity contribution >= 4 is 17.9 Å². The molecule has 63 heavy (non-hydrogen) atoms. The van der Waals surface area contributed by atoms with Gasteiger partial charge in [-0.1, -0.05) is 204 Å². The summed E-state index contributed by atoms with van der Waals surface area (Å²) in [5.74, 6) is -0.915. The lowest BCUT2D eigenvalue weighted by Crippen LogP contribution is -2.30. The molecule has 0 fully saturated rings. The van der Waals surface area contributed by atoms with Crippen LogP contribution in [0.2, 0.25) is 0 Å². The minimum atomic E-state index is -0.788. The molecule has 0 aromatic heterocycles. The van der Waals surface area contributed by atoms with Gasteiger partial charge in [0.25, 0.3) is 0 Å². The first kappa shape index (κ1) is 60.1. The Hall–Kier alpha value is -2.89. The molecule has 1 atom stereocenters. The maximum atomic E-state index is 12.8. The normalized spacial score (nSPS) is 12.5. The first-order chi connectivity index (χ1) is 31.0. The molecule has 0 amide bonds. The van der Waals surface area contributed by atoms with Crippen molar-refractivity contribution in [2.45, 2.75) is 271 Å². The smallest absolute Gasteiger partial charge is 0.306 e. The Bertz CT molecular complexity index is 1150. The summed E-state index contributed by atoms with van der Waals surface area (Å²) in [7, 11) is 0. The fraction of sp³-hybridized carbons (Fsp3) is 0.772. The van der Waals surface area contributed by atoms with Crippen LogP contribution >= 0.6 is 0 Å². The highest BCUT2D eigenvalue weighted by molar-refractivity contribution is 5.71. The summed E-state index contributed by atoms with van der Waals surface area (Å²) in [5, 5.41) is 0. The van der Waals surface area contributed by atoms with E-state index in [-0.39, 0.29) is 31.1 Å². The van der Waals surface area contributed by atoms with Crippen LogP contribution < -0.4 is 0 Å². The molecule has 0 aliphatic rings. The molecule has 364 valence electrons. The SMILES string of the molecule is CC/C=C\C/C=C\C/C=C\CCCCCCCC(=O)OCC(COC(=O)CCCCCCC/C=C\CCCCCCCC)OC(=O)CCCCCCC/C=C\CCCCCCCC. The number of allylic oxidation sites excluding steroid dienone is 10. The molecular formula is C57H100O6. The van der Waals surface area contributed by atoms with Crippen molar-refractivity contribution in [3.8, 4) is 0 Å². The van der Waals surface area contributed by atoms with Crippen molar-refractivity contribution in [2.75, 3.05) is 13.2 Å². The first-order valence-electron chi connectivity index (χ1n) is 26.8. The summed E-state index contributed by atoms with van der Waals surface area (Å²) in [6, 6.07) is 0. The molecule has 0 N–H and O–H groups in total. The number of esters is 3. The lowest BCUT2D eigenvalue weighted by Gasteiger charge is -2.18. The number of ether oxygens (including phenoxy) is 3. The standard InChI is InChI=1S/C57H100O6/c1-4-7-10-13-16-19-22-25-28-31-34-37-40-43-46-49-55(58)61-52-54(63-57(60)51-48-45-42-39-36-33-30-27-24-21-18-15-12-9-6-3)53-62-56(59)50-47-44-41-38-35-32-29-26-23-20-17-14-11-8-5-2/h7,10,16,19,25-30,54H,4-6,8-9,11-15,17-18,20-24,31-53H2,1-3H3/b10-7-,19-16-,28-25-,29-26-,30-27-. The molecule has 6 heteroatoms. The van der Waals surface area contributed by atoms with Gasteiger partial charge in [0.15, 0.2) is 6.10 Å². The Balaban J connectivity index is 4.42. The summed E-state index contributed by atoms with van der Waals surface area (Å²) in [4.78, 5) is 38.0. The van der Waals surface area contributed by atoms with Crippen LogP contribution in [0.1, 0.15) is 265 Å². The Morgan fingerprint density at radius 3 is 0.984 bits per heavy atom. The fourth-order valence-electron chi connectivity index (χ4n) is 7.45. The fourth-order valence-corrected chi connectivity index (χ4v) is 7.45. The predicted octanol–water partition coefficient (Wildman–Crippen LogP) is 17.6. The van der Waals surface area contributed by atoms with Crippen molar-refractivity contribution < 1.29 is 28.6 Å². The molecule has 6 nitrogen and oxygen atoms in total. The zero-order valence-corrected chi connectivity index (χ0v) is 41.6. The molecular weight excluding hydrogens is 781 g/mol. The minimum absolute atomic E-state index is 0.0870. The average Bonchev–Trinajstić information content (AvgIpc) is 3.28. The van der Waals surface area contributed by atoms with Crippen LogP contribution in [0.3, 0.4) is 0 Å². The van der Waals surface area contributed by atoms with Crippen molar-refractivity contribution in [2.24, 2.45) is 0 Å². The summed E-state index contributed by atoms with van der Waals surface area (Å²) in [6.07, 6.45) is 63.4. The van der Waals surface area contributed by atoms with Crippen molar-refractivity contribution in [3.63, 3.8) is 0 Å². The third-order valence-electron chi connectivity index (χ3n) is 11.5. The van der Waals surface area contributed by atoms with Gasteiger partial charge in [-0.2, -0.15) is 0 Å². The molecule has 0 bridgehead atoms. The number of hydrogen-bond acceptors (Lipinski definition) is 6. The van der Waals surface area contributed by atoms with E-state index in [0.29, 0.717) is 19.3 Å². The number of carbonyl (C=O) groups excluding carboxylic acids is 3. The van der Waals surface area contributed by atoms with Gasteiger partial charge in [0.05, 0.1) is 0 Å². The van der Waals surface area contributed by atoms with Gasteiger partial charge in [-0.15, -0.1) is 0 Å². The summed E-state index contributed by atoms with van der Waals surface area (Å²) >= 11 is 0. The van der Waals surface area contributed by atoms with Crippen LogP contribution in [0.25, 0.3) is 0 Å². The molecule has 0 rings (SSSR count). The zero-order valence-electron chi connectivity index (χ0n) is 41.6. The number of rotatable bonds is 48. The van der Waals surface area contributed by atoms with E-state index in [1.807, 2.05) is 0 Å². The van der Waals surface area contributed by atoms with Crippen molar-refractivity contribution in [1.29, 1.82) is 0 Å². The Morgan fingerprint density at radius 2 is 0.619 bits per heavy atom. The third-order valence-corrected chi connectivity index (χ3v) is 11.5. The molecule has 0 aromatic carbocycles. The number of hydrogen-bond donors (Lipinski definition) is 0. The van der Waals surface area contributed by atoms with Gasteiger partial charge in [0.2, 0.25) is 0 Å². The van der Waals surface area contributed by atoms with Crippen LogP contribution in [-0.4, -0.2) is 37.2 Å². The van der Waals surface area contributed by atoms with Gasteiger partial charge in [0.1, 0.15) is 13.2 Å². The maximum absolute atomic E-state index is 12.8. The first-order valence-corrected chi connectivity index (χ1v) is 26.8. The van der Waals surface area contributed by atoms with E-state index in [9.17, 15) is 14.4 Å². The average molecular weight is 881 g/mol. The molecule has 0 aromatic rings. The molecule has 0 spiro atoms. The molecule has 0 heterocycles. The van der Waals surface area contributed by atoms with Crippen LogP contribution in [0.5, 0.6) is 0 Å². The number of unbranched alkanes of at least 4 members (excludes halogenated alkanes) is 27. The second-order valence-corrected chi connectivity index (χ2v) is 17.7. The molecule has 1 unspecified atom stereocenters. The van der Waals surface area contributed by atoms with E-state index >= 15 is 0 Å². The highest BCUT2D eigenvalue weighted by Gasteiger charge is 2.19. The van der Waals surface area contributed by atoms with Gasteiger partial charge in [-0.25, -0.2) is 0 Å². The van der Waals surface area contributed by atoms with E-state index in [2.05, 4.69) is 81.5 Å². The minimum Gasteiger partial charge on any atom is -0.462 e. The predicted molar refractivity (Wildman–Crippen MR) is 270 cm³/mol.